The van der Waals surface area contributed by atoms with Gasteiger partial charge in [-0.25, -0.2) is 0 Å². The fourth-order valence-electron chi connectivity index (χ4n) is 3.66. The third-order valence-electron chi connectivity index (χ3n) is 5.17. The van der Waals surface area contributed by atoms with Crippen molar-refractivity contribution in [1.29, 1.82) is 0 Å². The van der Waals surface area contributed by atoms with E-state index >= 15 is 0 Å². The number of nitro benzene ring substituents is 1. The van der Waals surface area contributed by atoms with Gasteiger partial charge < -0.3 is 20.0 Å². The van der Waals surface area contributed by atoms with Crippen LogP contribution in [0.25, 0.3) is 0 Å². The van der Waals surface area contributed by atoms with Gasteiger partial charge in [0.2, 0.25) is 0 Å². The van der Waals surface area contributed by atoms with Gasteiger partial charge in [-0.3, -0.25) is 19.7 Å². The first-order chi connectivity index (χ1) is 15.0. The van der Waals surface area contributed by atoms with E-state index in [0.29, 0.717) is 11.4 Å². The number of carbonyl (C=O) groups excluding carboxylic acids is 2. The molecule has 0 saturated heterocycles. The van der Waals surface area contributed by atoms with Crippen LogP contribution in [-0.2, 0) is 16.0 Å². The summed E-state index contributed by atoms with van der Waals surface area (Å²) in [7, 11) is 0. The second-order valence-corrected chi connectivity index (χ2v) is 7.07. The van der Waals surface area contributed by atoms with E-state index in [-0.39, 0.29) is 18.3 Å². The fraction of sp³-hybridized carbons (Fsp3) is 0.182. The lowest BCUT2D eigenvalue weighted by Gasteiger charge is -2.29. The van der Waals surface area contributed by atoms with Gasteiger partial charge in [-0.05, 0) is 42.3 Å². The van der Waals surface area contributed by atoms with Crippen LogP contribution in [0.5, 0.6) is 0 Å². The first-order valence-electron chi connectivity index (χ1n) is 9.74. The van der Waals surface area contributed by atoms with Gasteiger partial charge in [0.15, 0.2) is 0 Å². The van der Waals surface area contributed by atoms with Crippen LogP contribution in [0.15, 0.2) is 71.3 Å². The molecule has 2 aromatic carbocycles. The molecule has 2 amide bonds. The quantitative estimate of drug-likeness (QED) is 0.360. The Bertz CT molecular complexity index is 1100. The predicted octanol–water partition coefficient (Wildman–Crippen LogP) is 3.05. The fourth-order valence-corrected chi connectivity index (χ4v) is 3.66. The molecule has 0 radical (unpaired) electrons. The molecule has 31 heavy (non-hydrogen) atoms. The molecule has 4 rings (SSSR count). The number of fused-ring (bicyclic) bond motifs is 1. The average molecular weight is 420 g/mol. The van der Waals surface area contributed by atoms with Crippen LogP contribution in [0.3, 0.4) is 0 Å². The number of amides is 2. The summed E-state index contributed by atoms with van der Waals surface area (Å²) < 4.78 is 5.59. The summed E-state index contributed by atoms with van der Waals surface area (Å²) >= 11 is 0. The Kier molecular flexibility index (Phi) is 5.65. The van der Waals surface area contributed by atoms with Crippen molar-refractivity contribution in [2.24, 2.45) is 0 Å². The molecule has 9 nitrogen and oxygen atoms in total. The number of hydrogen-bond donors (Lipinski definition) is 2. The lowest BCUT2D eigenvalue weighted by atomic mass is 10.1. The normalized spacial score (nSPS) is 13.4. The van der Waals surface area contributed by atoms with E-state index in [1.807, 2.05) is 24.3 Å². The number of non-ortho nitro benzene ring substituents is 1. The van der Waals surface area contributed by atoms with Gasteiger partial charge in [0.05, 0.1) is 11.2 Å². The molecule has 1 aliphatic heterocycles. The van der Waals surface area contributed by atoms with Crippen molar-refractivity contribution >= 4 is 28.9 Å². The topological polar surface area (TPSA) is 118 Å². The smallest absolute Gasteiger partial charge is 0.313 e. The molecule has 2 heterocycles. The number of nitrogens with zero attached hydrogens (tertiary/aromatic N) is 2. The summed E-state index contributed by atoms with van der Waals surface area (Å²) in [6, 6.07) is 16.7. The average Bonchev–Trinajstić information content (AvgIpc) is 3.45. The maximum atomic E-state index is 12.4. The number of rotatable bonds is 6. The number of hydrogen-bond acceptors (Lipinski definition) is 6. The zero-order valence-electron chi connectivity index (χ0n) is 16.5. The molecule has 0 aliphatic carbocycles. The van der Waals surface area contributed by atoms with Crippen LogP contribution in [0.4, 0.5) is 17.1 Å². The van der Waals surface area contributed by atoms with E-state index in [1.54, 1.807) is 12.3 Å². The molecule has 0 saturated carbocycles. The second-order valence-electron chi connectivity index (χ2n) is 7.07. The van der Waals surface area contributed by atoms with Crippen LogP contribution in [0.1, 0.15) is 17.4 Å². The van der Waals surface area contributed by atoms with Crippen LogP contribution in [0, 0.1) is 10.1 Å². The highest BCUT2D eigenvalue weighted by atomic mass is 16.6. The van der Waals surface area contributed by atoms with Crippen molar-refractivity contribution in [2.75, 3.05) is 23.3 Å². The molecule has 1 aromatic heterocycles. The van der Waals surface area contributed by atoms with Crippen LogP contribution >= 0.6 is 0 Å². The third kappa shape index (κ3) is 4.40. The number of benzene rings is 2. The summed E-state index contributed by atoms with van der Waals surface area (Å²) in [4.78, 5) is 37.0. The van der Waals surface area contributed by atoms with Crippen molar-refractivity contribution in [3.63, 3.8) is 0 Å². The van der Waals surface area contributed by atoms with Gasteiger partial charge in [0.25, 0.3) is 5.69 Å². The van der Waals surface area contributed by atoms with E-state index in [2.05, 4.69) is 21.6 Å². The molecule has 1 unspecified atom stereocenters. The Hall–Kier alpha value is -4.14. The molecule has 9 heteroatoms. The molecule has 0 spiro atoms. The zero-order chi connectivity index (χ0) is 21.8. The predicted molar refractivity (Wildman–Crippen MR) is 114 cm³/mol. The molecular formula is C22H20N4O5. The Morgan fingerprint density at radius 1 is 1.06 bits per heavy atom. The highest BCUT2D eigenvalue weighted by Gasteiger charge is 2.29. The van der Waals surface area contributed by atoms with Gasteiger partial charge in [-0.1, -0.05) is 18.2 Å². The van der Waals surface area contributed by atoms with Gasteiger partial charge in [-0.2, -0.15) is 0 Å². The second kappa shape index (κ2) is 8.70. The Balaban J connectivity index is 1.42. The van der Waals surface area contributed by atoms with Crippen LogP contribution < -0.4 is 15.5 Å². The molecular weight excluding hydrogens is 400 g/mol. The van der Waals surface area contributed by atoms with E-state index in [4.69, 9.17) is 4.42 Å². The van der Waals surface area contributed by atoms with E-state index in [1.165, 1.54) is 29.8 Å². The third-order valence-corrected chi connectivity index (χ3v) is 5.17. The van der Waals surface area contributed by atoms with Crippen molar-refractivity contribution < 1.29 is 18.9 Å². The number of carbonyl (C=O) groups is 2. The Morgan fingerprint density at radius 2 is 1.84 bits per heavy atom. The van der Waals surface area contributed by atoms with E-state index in [0.717, 1.165) is 18.7 Å². The number of nitrogens with one attached hydrogen (secondary N) is 2. The minimum absolute atomic E-state index is 0.102. The van der Waals surface area contributed by atoms with E-state index < -0.39 is 16.7 Å². The minimum atomic E-state index is -0.853. The monoisotopic (exact) mass is 420 g/mol. The van der Waals surface area contributed by atoms with Crippen molar-refractivity contribution in [3.8, 4) is 0 Å². The number of anilines is 2. The highest BCUT2D eigenvalue weighted by Crippen LogP contribution is 2.34. The van der Waals surface area contributed by atoms with Crippen molar-refractivity contribution in [2.45, 2.75) is 12.5 Å². The molecule has 0 bridgehead atoms. The lowest BCUT2D eigenvalue weighted by Crippen LogP contribution is -2.41. The highest BCUT2D eigenvalue weighted by molar-refractivity contribution is 6.39. The van der Waals surface area contributed by atoms with Gasteiger partial charge in [0.1, 0.15) is 11.8 Å². The molecule has 1 atom stereocenters. The number of furan rings is 1. The minimum Gasteiger partial charge on any atom is -0.467 e. The first kappa shape index (κ1) is 20.1. The standard InChI is InChI=1S/C22H20N4O5/c27-21(22(28)24-16-7-9-17(10-8-16)26(29)30)23-14-19(20-6-3-13-31-20)25-12-11-15-4-1-2-5-18(15)25/h1-10,13,19H,11-12,14H2,(H,23,27)(H,24,28). The first-order valence-corrected chi connectivity index (χ1v) is 9.74. The SMILES string of the molecule is O=C(NCC(c1ccco1)N1CCc2ccccc21)C(=O)Nc1ccc([N+](=O)[O-])cc1. The molecule has 3 aromatic rings. The Morgan fingerprint density at radius 3 is 2.55 bits per heavy atom. The van der Waals surface area contributed by atoms with Crippen molar-refractivity contribution in [3.05, 3.63) is 88.4 Å². The van der Waals surface area contributed by atoms with Gasteiger partial charge in [-0.15, -0.1) is 0 Å². The molecule has 1 aliphatic rings. The molecule has 158 valence electrons. The maximum absolute atomic E-state index is 12.4. The molecule has 2 N–H and O–H groups in total. The van der Waals surface area contributed by atoms with Crippen LogP contribution in [0.2, 0.25) is 0 Å². The number of nitro groups is 1. The van der Waals surface area contributed by atoms with Gasteiger partial charge >= 0.3 is 11.8 Å². The summed E-state index contributed by atoms with van der Waals surface area (Å²) in [5.74, 6) is -0.968. The lowest BCUT2D eigenvalue weighted by molar-refractivity contribution is -0.384. The maximum Gasteiger partial charge on any atom is 0.313 e. The van der Waals surface area contributed by atoms with Gasteiger partial charge in [0, 0.05) is 36.6 Å². The Labute approximate surface area is 177 Å². The zero-order valence-corrected chi connectivity index (χ0v) is 16.5. The molecule has 0 fully saturated rings. The van der Waals surface area contributed by atoms with Crippen LogP contribution in [-0.4, -0.2) is 29.8 Å². The summed E-state index contributed by atoms with van der Waals surface area (Å²) in [6.45, 7) is 0.948. The summed E-state index contributed by atoms with van der Waals surface area (Å²) in [6.07, 6.45) is 2.47. The largest absolute Gasteiger partial charge is 0.467 e. The van der Waals surface area contributed by atoms with Crippen molar-refractivity contribution in [1.82, 2.24) is 5.32 Å². The summed E-state index contributed by atoms with van der Waals surface area (Å²) in [5, 5.41) is 15.8. The number of para-hydroxylation sites is 1. The van der Waals surface area contributed by atoms with E-state index in [9.17, 15) is 19.7 Å². The summed E-state index contributed by atoms with van der Waals surface area (Å²) in [5.41, 5.74) is 2.49.